The molecule has 0 aliphatic carbocycles. The van der Waals surface area contributed by atoms with Gasteiger partial charge in [0.05, 0.1) is 14.2 Å². The molecule has 0 amide bonds. The summed E-state index contributed by atoms with van der Waals surface area (Å²) < 4.78 is 11.7. The van der Waals surface area contributed by atoms with E-state index < -0.39 is 0 Å². The monoisotopic (exact) mass is 314 g/mol. The molecule has 0 unspecified atom stereocenters. The highest BCUT2D eigenvalue weighted by Crippen LogP contribution is 2.37. The average molecular weight is 315 g/mol. The molecule has 1 saturated heterocycles. The molecule has 4 nitrogen and oxygen atoms in total. The Morgan fingerprint density at radius 1 is 1.22 bits per heavy atom. The zero-order chi connectivity index (χ0) is 13.0. The summed E-state index contributed by atoms with van der Waals surface area (Å²) in [6, 6.07) is 4.05. The van der Waals surface area contributed by atoms with E-state index >= 15 is 0 Å². The molecule has 1 aromatic carbocycles. The smallest absolute Gasteiger partial charge is 0.141 e. The maximum Gasteiger partial charge on any atom is 0.141 e. The number of nitrogens with one attached hydrogen (secondary N) is 1. The third-order valence-electron chi connectivity index (χ3n) is 3.17. The summed E-state index contributed by atoms with van der Waals surface area (Å²) in [6.07, 6.45) is 0. The van der Waals surface area contributed by atoms with Gasteiger partial charge in [0.15, 0.2) is 0 Å². The number of piperazine rings is 1. The first-order valence-electron chi connectivity index (χ1n) is 6.08. The Labute approximate surface area is 116 Å². The lowest BCUT2D eigenvalue weighted by Crippen LogP contribution is -2.42. The molecule has 0 atom stereocenters. The molecule has 2 rings (SSSR count). The van der Waals surface area contributed by atoms with Gasteiger partial charge in [-0.05, 0) is 22.0 Å². The molecule has 1 aliphatic rings. The van der Waals surface area contributed by atoms with Crippen LogP contribution >= 0.6 is 15.9 Å². The van der Waals surface area contributed by atoms with Crippen LogP contribution in [0.4, 0.5) is 0 Å². The fourth-order valence-corrected chi connectivity index (χ4v) is 2.90. The maximum absolute atomic E-state index is 5.49. The topological polar surface area (TPSA) is 33.7 Å². The zero-order valence-corrected chi connectivity index (χ0v) is 12.4. The molecular formula is C13H19BrN2O2. The van der Waals surface area contributed by atoms with E-state index in [9.17, 15) is 0 Å². The number of benzene rings is 1. The first-order valence-corrected chi connectivity index (χ1v) is 6.88. The molecule has 1 aliphatic heterocycles. The largest absolute Gasteiger partial charge is 0.495 e. The van der Waals surface area contributed by atoms with Crippen LogP contribution in [0.2, 0.25) is 0 Å². The second-order valence-corrected chi connectivity index (χ2v) is 5.09. The molecule has 0 spiro atoms. The van der Waals surface area contributed by atoms with Crippen molar-refractivity contribution in [3.8, 4) is 11.5 Å². The maximum atomic E-state index is 5.49. The molecule has 1 heterocycles. The van der Waals surface area contributed by atoms with Crippen LogP contribution in [0.3, 0.4) is 0 Å². The Morgan fingerprint density at radius 3 is 2.56 bits per heavy atom. The van der Waals surface area contributed by atoms with Crippen LogP contribution in [0.15, 0.2) is 16.6 Å². The molecule has 0 saturated carbocycles. The average Bonchev–Trinajstić information content (AvgIpc) is 2.40. The summed E-state index contributed by atoms with van der Waals surface area (Å²) in [4.78, 5) is 2.42. The molecule has 18 heavy (non-hydrogen) atoms. The number of rotatable bonds is 4. The molecule has 5 heteroatoms. The van der Waals surface area contributed by atoms with E-state index in [1.54, 1.807) is 14.2 Å². The highest BCUT2D eigenvalue weighted by Gasteiger charge is 2.16. The van der Waals surface area contributed by atoms with E-state index in [1.165, 1.54) is 5.56 Å². The zero-order valence-electron chi connectivity index (χ0n) is 10.8. The van der Waals surface area contributed by atoms with Gasteiger partial charge in [-0.1, -0.05) is 6.07 Å². The van der Waals surface area contributed by atoms with Crippen LogP contribution in [-0.2, 0) is 6.54 Å². The van der Waals surface area contributed by atoms with E-state index in [4.69, 9.17) is 9.47 Å². The molecule has 0 bridgehead atoms. The first-order chi connectivity index (χ1) is 8.76. The van der Waals surface area contributed by atoms with Crippen LogP contribution < -0.4 is 14.8 Å². The van der Waals surface area contributed by atoms with Crippen molar-refractivity contribution in [1.29, 1.82) is 0 Å². The van der Waals surface area contributed by atoms with E-state index in [2.05, 4.69) is 32.2 Å². The number of halogens is 1. The Kier molecular flexibility index (Phi) is 4.86. The van der Waals surface area contributed by atoms with Crippen molar-refractivity contribution < 1.29 is 9.47 Å². The van der Waals surface area contributed by atoms with Gasteiger partial charge in [-0.25, -0.2) is 0 Å². The lowest BCUT2D eigenvalue weighted by molar-refractivity contribution is 0.230. The van der Waals surface area contributed by atoms with Crippen molar-refractivity contribution in [3.05, 3.63) is 22.2 Å². The summed E-state index contributed by atoms with van der Waals surface area (Å²) in [6.45, 7) is 5.17. The first kappa shape index (κ1) is 13.6. The van der Waals surface area contributed by atoms with Gasteiger partial charge in [0.25, 0.3) is 0 Å². The summed E-state index contributed by atoms with van der Waals surface area (Å²) in [5, 5.41) is 3.36. The Balaban J connectivity index is 2.18. The highest BCUT2D eigenvalue weighted by atomic mass is 79.9. The van der Waals surface area contributed by atoms with Gasteiger partial charge in [-0.3, -0.25) is 4.90 Å². The van der Waals surface area contributed by atoms with Gasteiger partial charge in [0.2, 0.25) is 0 Å². The van der Waals surface area contributed by atoms with Gasteiger partial charge in [0.1, 0.15) is 16.0 Å². The van der Waals surface area contributed by atoms with E-state index in [0.717, 1.165) is 48.7 Å². The summed E-state index contributed by atoms with van der Waals surface area (Å²) in [5.41, 5.74) is 1.19. The number of methoxy groups -OCH3 is 2. The van der Waals surface area contributed by atoms with E-state index in [-0.39, 0.29) is 0 Å². The predicted molar refractivity (Wildman–Crippen MR) is 75.4 cm³/mol. The molecular weight excluding hydrogens is 296 g/mol. The Hall–Kier alpha value is -0.780. The van der Waals surface area contributed by atoms with Crippen LogP contribution in [0.25, 0.3) is 0 Å². The number of ether oxygens (including phenoxy) is 2. The minimum absolute atomic E-state index is 0.802. The number of hydrogen-bond donors (Lipinski definition) is 1. The fourth-order valence-electron chi connectivity index (χ4n) is 2.19. The summed E-state index contributed by atoms with van der Waals surface area (Å²) in [5.74, 6) is 1.67. The summed E-state index contributed by atoms with van der Waals surface area (Å²) >= 11 is 3.54. The molecule has 0 aromatic heterocycles. The van der Waals surface area contributed by atoms with Crippen molar-refractivity contribution >= 4 is 15.9 Å². The van der Waals surface area contributed by atoms with E-state index in [0.29, 0.717) is 0 Å². The van der Waals surface area contributed by atoms with Crippen LogP contribution in [-0.4, -0.2) is 45.3 Å². The molecule has 1 aromatic rings. The van der Waals surface area contributed by atoms with Crippen LogP contribution in [0.1, 0.15) is 5.56 Å². The quantitative estimate of drug-likeness (QED) is 0.920. The standard InChI is InChI=1S/C13H19BrN2O2/c1-17-11-4-3-10(13(18-2)12(11)14)9-16-7-5-15-6-8-16/h3-4,15H,5-9H2,1-2H3. The number of nitrogens with zero attached hydrogens (tertiary/aromatic N) is 1. The second-order valence-electron chi connectivity index (χ2n) is 4.30. The number of hydrogen-bond acceptors (Lipinski definition) is 4. The van der Waals surface area contributed by atoms with Crippen molar-refractivity contribution in [1.82, 2.24) is 10.2 Å². The second kappa shape index (κ2) is 6.41. The Morgan fingerprint density at radius 2 is 1.94 bits per heavy atom. The normalized spacial score (nSPS) is 16.6. The van der Waals surface area contributed by atoms with Gasteiger partial charge in [0, 0.05) is 38.3 Å². The molecule has 1 fully saturated rings. The lowest BCUT2D eigenvalue weighted by atomic mass is 10.1. The molecule has 0 radical (unpaired) electrons. The van der Waals surface area contributed by atoms with Crippen molar-refractivity contribution in [2.24, 2.45) is 0 Å². The van der Waals surface area contributed by atoms with Gasteiger partial charge in [-0.15, -0.1) is 0 Å². The summed E-state index contributed by atoms with van der Waals surface area (Å²) in [7, 11) is 3.36. The predicted octanol–water partition coefficient (Wildman–Crippen LogP) is 1.87. The van der Waals surface area contributed by atoms with E-state index in [1.807, 2.05) is 6.07 Å². The Bertz CT molecular complexity index is 406. The lowest BCUT2D eigenvalue weighted by Gasteiger charge is -2.28. The van der Waals surface area contributed by atoms with Crippen molar-refractivity contribution in [2.45, 2.75) is 6.54 Å². The van der Waals surface area contributed by atoms with Crippen LogP contribution in [0.5, 0.6) is 11.5 Å². The highest BCUT2D eigenvalue weighted by molar-refractivity contribution is 9.10. The fraction of sp³-hybridized carbons (Fsp3) is 0.538. The molecule has 1 N–H and O–H groups in total. The van der Waals surface area contributed by atoms with Crippen molar-refractivity contribution in [2.75, 3.05) is 40.4 Å². The minimum Gasteiger partial charge on any atom is -0.495 e. The van der Waals surface area contributed by atoms with Crippen LogP contribution in [0, 0.1) is 0 Å². The molecule has 100 valence electrons. The minimum atomic E-state index is 0.802. The SMILES string of the molecule is COc1ccc(CN2CCNCC2)c(OC)c1Br. The van der Waals surface area contributed by atoms with Crippen molar-refractivity contribution in [3.63, 3.8) is 0 Å². The van der Waals surface area contributed by atoms with Gasteiger partial charge >= 0.3 is 0 Å². The van der Waals surface area contributed by atoms with Gasteiger partial charge in [-0.2, -0.15) is 0 Å². The van der Waals surface area contributed by atoms with Gasteiger partial charge < -0.3 is 14.8 Å². The third-order valence-corrected chi connectivity index (χ3v) is 3.92. The third kappa shape index (κ3) is 2.96.